The van der Waals surface area contributed by atoms with Gasteiger partial charge in [-0.15, -0.1) is 0 Å². The van der Waals surface area contributed by atoms with Crippen LogP contribution in [0.1, 0.15) is 34.6 Å². The van der Waals surface area contributed by atoms with E-state index in [-0.39, 0.29) is 24.1 Å². The van der Waals surface area contributed by atoms with Crippen LogP contribution < -0.4 is 14.4 Å². The molecule has 2 heterocycles. The number of anilines is 1. The van der Waals surface area contributed by atoms with Crippen LogP contribution in [-0.2, 0) is 9.53 Å². The van der Waals surface area contributed by atoms with E-state index in [0.717, 1.165) is 0 Å². The van der Waals surface area contributed by atoms with Crippen molar-refractivity contribution in [1.29, 1.82) is 0 Å². The number of hydrogen-bond donors (Lipinski definition) is 0. The van der Waals surface area contributed by atoms with E-state index in [1.807, 2.05) is 0 Å². The first kappa shape index (κ1) is 21.8. The number of carbonyl (C=O) groups excluding carboxylic acids is 3. The van der Waals surface area contributed by atoms with Crippen molar-refractivity contribution in [2.75, 3.05) is 44.9 Å². The minimum absolute atomic E-state index is 0.146. The quantitative estimate of drug-likeness (QED) is 0.667. The van der Waals surface area contributed by atoms with Gasteiger partial charge in [0.25, 0.3) is 11.8 Å². The van der Waals surface area contributed by atoms with Crippen LogP contribution in [0.15, 0.2) is 42.5 Å². The number of morpholine rings is 1. The lowest BCUT2D eigenvalue weighted by Gasteiger charge is -2.38. The number of methoxy groups -OCH3 is 1. The third-order valence-corrected chi connectivity index (χ3v) is 5.61. The molecule has 0 aliphatic carbocycles. The Balaban J connectivity index is 1.66. The Labute approximate surface area is 186 Å². The number of rotatable bonds is 5. The SMILES string of the molecule is COc1cccc(C(=O)CN2C(=O)C(C)(C)Oc3ccc(C(=O)N4CCOCC4)cc32)c1. The maximum Gasteiger partial charge on any atom is 0.271 e. The first-order chi connectivity index (χ1) is 15.3. The second kappa shape index (κ2) is 8.63. The Hall–Kier alpha value is -3.39. The number of ketones is 1. The summed E-state index contributed by atoms with van der Waals surface area (Å²) in [6, 6.07) is 11.8. The zero-order valence-corrected chi connectivity index (χ0v) is 18.4. The Morgan fingerprint density at radius 3 is 2.53 bits per heavy atom. The van der Waals surface area contributed by atoms with Crippen LogP contribution in [0.3, 0.4) is 0 Å². The Kier molecular flexibility index (Phi) is 5.88. The second-order valence-corrected chi connectivity index (χ2v) is 8.25. The molecule has 0 saturated carbocycles. The number of hydrogen-bond acceptors (Lipinski definition) is 6. The van der Waals surface area contributed by atoms with E-state index in [1.54, 1.807) is 61.2 Å². The van der Waals surface area contributed by atoms with Gasteiger partial charge in [0.1, 0.15) is 11.5 Å². The highest BCUT2D eigenvalue weighted by Gasteiger charge is 2.42. The fourth-order valence-corrected chi connectivity index (χ4v) is 3.84. The minimum Gasteiger partial charge on any atom is -0.497 e. The minimum atomic E-state index is -1.14. The molecule has 8 heteroatoms. The Morgan fingerprint density at radius 1 is 1.06 bits per heavy atom. The van der Waals surface area contributed by atoms with Crippen molar-refractivity contribution in [3.8, 4) is 11.5 Å². The number of nitrogens with zero attached hydrogens (tertiary/aromatic N) is 2. The van der Waals surface area contributed by atoms with Crippen molar-refractivity contribution in [3.05, 3.63) is 53.6 Å². The predicted molar refractivity (Wildman–Crippen MR) is 118 cm³/mol. The van der Waals surface area contributed by atoms with E-state index in [1.165, 1.54) is 12.0 Å². The molecule has 0 unspecified atom stereocenters. The summed E-state index contributed by atoms with van der Waals surface area (Å²) in [5.74, 6) is 0.269. The molecule has 168 valence electrons. The van der Waals surface area contributed by atoms with Crippen LogP contribution in [0.4, 0.5) is 5.69 Å². The van der Waals surface area contributed by atoms with Crippen molar-refractivity contribution in [2.45, 2.75) is 19.4 Å². The van der Waals surface area contributed by atoms with Gasteiger partial charge in [-0.05, 0) is 44.2 Å². The van der Waals surface area contributed by atoms with Crippen LogP contribution in [0.25, 0.3) is 0 Å². The van der Waals surface area contributed by atoms with Gasteiger partial charge in [-0.1, -0.05) is 12.1 Å². The van der Waals surface area contributed by atoms with Gasteiger partial charge >= 0.3 is 0 Å². The standard InChI is InChI=1S/C24H26N2O6/c1-24(2)23(29)26(15-20(27)16-5-4-6-18(13-16)30-3)19-14-17(7-8-21(19)32-24)22(28)25-9-11-31-12-10-25/h4-8,13-14H,9-12,15H2,1-3H3. The van der Waals surface area contributed by atoms with Crippen LogP contribution in [0, 0.1) is 0 Å². The largest absolute Gasteiger partial charge is 0.497 e. The first-order valence-electron chi connectivity index (χ1n) is 10.5. The summed E-state index contributed by atoms with van der Waals surface area (Å²) in [5.41, 5.74) is 0.131. The van der Waals surface area contributed by atoms with E-state index in [2.05, 4.69) is 0 Å². The van der Waals surface area contributed by atoms with Gasteiger partial charge in [0.05, 0.1) is 32.6 Å². The molecule has 4 rings (SSSR count). The summed E-state index contributed by atoms with van der Waals surface area (Å²) in [5, 5.41) is 0. The van der Waals surface area contributed by atoms with Gasteiger partial charge < -0.3 is 19.1 Å². The Bertz CT molecular complexity index is 1060. The summed E-state index contributed by atoms with van der Waals surface area (Å²) in [4.78, 5) is 42.3. The summed E-state index contributed by atoms with van der Waals surface area (Å²) in [7, 11) is 1.53. The maximum atomic E-state index is 13.2. The van der Waals surface area contributed by atoms with Crippen molar-refractivity contribution in [1.82, 2.24) is 4.90 Å². The number of carbonyl (C=O) groups is 3. The number of benzene rings is 2. The topological polar surface area (TPSA) is 85.4 Å². The van der Waals surface area contributed by atoms with E-state index >= 15 is 0 Å². The van der Waals surface area contributed by atoms with Crippen LogP contribution in [0.5, 0.6) is 11.5 Å². The molecule has 0 bridgehead atoms. The van der Waals surface area contributed by atoms with Crippen molar-refractivity contribution < 1.29 is 28.6 Å². The molecule has 2 aliphatic rings. The molecule has 0 spiro atoms. The van der Waals surface area contributed by atoms with E-state index in [9.17, 15) is 14.4 Å². The highest BCUT2D eigenvalue weighted by Crippen LogP contribution is 2.38. The molecule has 0 radical (unpaired) electrons. The fraction of sp³-hybridized carbons (Fsp3) is 0.375. The lowest BCUT2D eigenvalue weighted by Crippen LogP contribution is -2.54. The third kappa shape index (κ3) is 4.18. The van der Waals surface area contributed by atoms with Gasteiger partial charge in [-0.3, -0.25) is 19.3 Å². The summed E-state index contributed by atoms with van der Waals surface area (Å²) in [6.45, 7) is 5.15. The highest BCUT2D eigenvalue weighted by atomic mass is 16.5. The molecular weight excluding hydrogens is 412 g/mol. The van der Waals surface area contributed by atoms with Crippen LogP contribution in [-0.4, -0.2) is 68.1 Å². The van der Waals surface area contributed by atoms with Crippen molar-refractivity contribution >= 4 is 23.3 Å². The molecular formula is C24H26N2O6. The molecule has 2 aromatic rings. The molecule has 2 aromatic carbocycles. The molecule has 0 atom stereocenters. The molecule has 0 N–H and O–H groups in total. The molecule has 0 aromatic heterocycles. The zero-order chi connectivity index (χ0) is 22.9. The summed E-state index contributed by atoms with van der Waals surface area (Å²) < 4.78 is 16.4. The fourth-order valence-electron chi connectivity index (χ4n) is 3.84. The summed E-state index contributed by atoms with van der Waals surface area (Å²) >= 11 is 0. The van der Waals surface area contributed by atoms with Gasteiger partial charge in [-0.2, -0.15) is 0 Å². The predicted octanol–water partition coefficient (Wildman–Crippen LogP) is 2.55. The number of amides is 2. The average Bonchev–Trinajstić information content (AvgIpc) is 2.81. The third-order valence-electron chi connectivity index (χ3n) is 5.61. The highest BCUT2D eigenvalue weighted by molar-refractivity contribution is 6.10. The first-order valence-corrected chi connectivity index (χ1v) is 10.5. The smallest absolute Gasteiger partial charge is 0.271 e. The lowest BCUT2D eigenvalue weighted by atomic mass is 10.0. The summed E-state index contributed by atoms with van der Waals surface area (Å²) in [6.07, 6.45) is 0. The molecule has 32 heavy (non-hydrogen) atoms. The molecule has 1 saturated heterocycles. The normalized spacial score (nSPS) is 17.4. The van der Waals surface area contributed by atoms with Crippen molar-refractivity contribution in [2.24, 2.45) is 0 Å². The van der Waals surface area contributed by atoms with Crippen LogP contribution >= 0.6 is 0 Å². The van der Waals surface area contributed by atoms with Crippen LogP contribution in [0.2, 0.25) is 0 Å². The zero-order valence-electron chi connectivity index (χ0n) is 18.4. The number of Topliss-reactive ketones (excluding diaryl/α,β-unsaturated/α-hetero) is 1. The lowest BCUT2D eigenvalue weighted by molar-refractivity contribution is -0.132. The van der Waals surface area contributed by atoms with Gasteiger partial charge in [0.2, 0.25) is 0 Å². The van der Waals surface area contributed by atoms with E-state index < -0.39 is 5.60 Å². The molecule has 2 amide bonds. The van der Waals surface area contributed by atoms with Gasteiger partial charge in [-0.25, -0.2) is 0 Å². The monoisotopic (exact) mass is 438 g/mol. The second-order valence-electron chi connectivity index (χ2n) is 8.25. The van der Waals surface area contributed by atoms with Crippen molar-refractivity contribution in [3.63, 3.8) is 0 Å². The van der Waals surface area contributed by atoms with E-state index in [0.29, 0.717) is 54.6 Å². The Morgan fingerprint density at radius 2 is 1.81 bits per heavy atom. The maximum absolute atomic E-state index is 13.2. The number of ether oxygens (including phenoxy) is 3. The molecule has 2 aliphatic heterocycles. The van der Waals surface area contributed by atoms with E-state index in [4.69, 9.17) is 14.2 Å². The molecule has 1 fully saturated rings. The van der Waals surface area contributed by atoms with Gasteiger partial charge in [0, 0.05) is 24.2 Å². The molecule has 8 nitrogen and oxygen atoms in total. The average molecular weight is 438 g/mol. The van der Waals surface area contributed by atoms with Gasteiger partial charge in [0.15, 0.2) is 11.4 Å². The number of fused-ring (bicyclic) bond motifs is 1.